The summed E-state index contributed by atoms with van der Waals surface area (Å²) in [6.45, 7) is 2.04. The molecule has 6 heteroatoms. The van der Waals surface area contributed by atoms with Crippen LogP contribution in [0.25, 0.3) is 0 Å². The van der Waals surface area contributed by atoms with Gasteiger partial charge in [-0.25, -0.2) is 4.98 Å². The highest BCUT2D eigenvalue weighted by molar-refractivity contribution is 7.15. The highest BCUT2D eigenvalue weighted by atomic mass is 35.5. The molecular formula is C15H16ClN3OS. The van der Waals surface area contributed by atoms with E-state index in [1.807, 2.05) is 25.1 Å². The highest BCUT2D eigenvalue weighted by Crippen LogP contribution is 2.34. The van der Waals surface area contributed by atoms with Gasteiger partial charge in [-0.05, 0) is 43.0 Å². The van der Waals surface area contributed by atoms with Crippen molar-refractivity contribution >= 4 is 34.0 Å². The van der Waals surface area contributed by atoms with Gasteiger partial charge in [-0.3, -0.25) is 4.79 Å². The number of nitrogens with zero attached hydrogens (tertiary/aromatic N) is 1. The van der Waals surface area contributed by atoms with E-state index < -0.39 is 5.54 Å². The van der Waals surface area contributed by atoms with Crippen LogP contribution in [0.2, 0.25) is 5.02 Å². The SMILES string of the molecule is Cc1cc(Cl)ccc1Cc1cnc(NC(=O)C2(N)CC2)s1. The van der Waals surface area contributed by atoms with E-state index >= 15 is 0 Å². The fourth-order valence-electron chi connectivity index (χ4n) is 2.08. The zero-order chi connectivity index (χ0) is 15.0. The third-order valence-electron chi connectivity index (χ3n) is 3.68. The molecule has 0 radical (unpaired) electrons. The van der Waals surface area contributed by atoms with E-state index in [0.717, 1.165) is 34.7 Å². The Balaban J connectivity index is 1.68. The fraction of sp³-hybridized carbons (Fsp3) is 0.333. The number of nitrogens with one attached hydrogen (secondary N) is 1. The zero-order valence-electron chi connectivity index (χ0n) is 11.6. The van der Waals surface area contributed by atoms with E-state index in [2.05, 4.69) is 10.3 Å². The van der Waals surface area contributed by atoms with Crippen molar-refractivity contribution in [1.29, 1.82) is 0 Å². The predicted molar refractivity (Wildman–Crippen MR) is 85.9 cm³/mol. The Morgan fingerprint density at radius 2 is 2.29 bits per heavy atom. The molecule has 110 valence electrons. The lowest BCUT2D eigenvalue weighted by Crippen LogP contribution is -2.37. The molecule has 1 aromatic carbocycles. The van der Waals surface area contributed by atoms with Gasteiger partial charge in [0.25, 0.3) is 0 Å². The van der Waals surface area contributed by atoms with Crippen LogP contribution in [-0.4, -0.2) is 16.4 Å². The first kappa shape index (κ1) is 14.5. The summed E-state index contributed by atoms with van der Waals surface area (Å²) in [5.41, 5.74) is 7.55. The summed E-state index contributed by atoms with van der Waals surface area (Å²) >= 11 is 7.44. The van der Waals surface area contributed by atoms with Crippen molar-refractivity contribution in [3.8, 4) is 0 Å². The Labute approximate surface area is 132 Å². The van der Waals surface area contributed by atoms with Gasteiger partial charge < -0.3 is 11.1 Å². The van der Waals surface area contributed by atoms with Gasteiger partial charge in [0.05, 0.1) is 5.54 Å². The van der Waals surface area contributed by atoms with Crippen molar-refractivity contribution in [3.63, 3.8) is 0 Å². The molecule has 0 unspecified atom stereocenters. The second-order valence-corrected chi connectivity index (χ2v) is 7.04. The minimum Gasteiger partial charge on any atom is -0.317 e. The monoisotopic (exact) mass is 321 g/mol. The molecule has 1 aliphatic rings. The van der Waals surface area contributed by atoms with E-state index in [9.17, 15) is 4.79 Å². The van der Waals surface area contributed by atoms with Gasteiger partial charge in [-0.2, -0.15) is 0 Å². The van der Waals surface area contributed by atoms with Gasteiger partial charge in [-0.1, -0.05) is 17.7 Å². The Kier molecular flexibility index (Phi) is 3.73. The van der Waals surface area contributed by atoms with Crippen molar-refractivity contribution < 1.29 is 4.79 Å². The molecule has 1 saturated carbocycles. The van der Waals surface area contributed by atoms with Crippen molar-refractivity contribution in [1.82, 2.24) is 4.98 Å². The summed E-state index contributed by atoms with van der Waals surface area (Å²) in [6.07, 6.45) is 4.08. The second kappa shape index (κ2) is 5.40. The van der Waals surface area contributed by atoms with Crippen LogP contribution in [0.15, 0.2) is 24.4 Å². The largest absolute Gasteiger partial charge is 0.317 e. The van der Waals surface area contributed by atoms with Gasteiger partial charge >= 0.3 is 0 Å². The summed E-state index contributed by atoms with van der Waals surface area (Å²) in [5, 5.41) is 4.15. The molecule has 2 aromatic rings. The Bertz CT molecular complexity index is 694. The Morgan fingerprint density at radius 3 is 2.95 bits per heavy atom. The molecule has 0 atom stereocenters. The number of aryl methyl sites for hydroxylation is 1. The first-order chi connectivity index (χ1) is 9.96. The number of carbonyl (C=O) groups is 1. The second-order valence-electron chi connectivity index (χ2n) is 5.49. The lowest BCUT2D eigenvalue weighted by molar-refractivity contribution is -0.118. The van der Waals surface area contributed by atoms with Crippen LogP contribution in [0.1, 0.15) is 28.8 Å². The average molecular weight is 322 g/mol. The van der Waals surface area contributed by atoms with Gasteiger partial charge in [0, 0.05) is 22.5 Å². The number of hydrogen-bond acceptors (Lipinski definition) is 4. The lowest BCUT2D eigenvalue weighted by atomic mass is 10.1. The number of benzene rings is 1. The maximum absolute atomic E-state index is 11.9. The normalized spacial score (nSPS) is 15.8. The molecule has 0 aliphatic heterocycles. The predicted octanol–water partition coefficient (Wildman–Crippen LogP) is 3.13. The lowest BCUT2D eigenvalue weighted by Gasteiger charge is -2.06. The van der Waals surface area contributed by atoms with E-state index in [1.165, 1.54) is 16.9 Å². The van der Waals surface area contributed by atoms with E-state index in [4.69, 9.17) is 17.3 Å². The van der Waals surface area contributed by atoms with E-state index in [-0.39, 0.29) is 5.91 Å². The number of anilines is 1. The fourth-order valence-corrected chi connectivity index (χ4v) is 3.13. The average Bonchev–Trinajstić information content (AvgIpc) is 3.03. The number of nitrogens with two attached hydrogens (primary N) is 1. The van der Waals surface area contributed by atoms with Gasteiger partial charge in [0.15, 0.2) is 5.13 Å². The molecule has 0 saturated heterocycles. The smallest absolute Gasteiger partial charge is 0.246 e. The molecule has 3 N–H and O–H groups in total. The zero-order valence-corrected chi connectivity index (χ0v) is 13.2. The summed E-state index contributed by atoms with van der Waals surface area (Å²) in [5.74, 6) is -0.133. The van der Waals surface area contributed by atoms with Gasteiger partial charge in [0.2, 0.25) is 5.91 Å². The molecule has 4 nitrogen and oxygen atoms in total. The third kappa shape index (κ3) is 3.26. The van der Waals surface area contributed by atoms with Crippen LogP contribution >= 0.6 is 22.9 Å². The number of aromatic nitrogens is 1. The summed E-state index contributed by atoms with van der Waals surface area (Å²) < 4.78 is 0. The van der Waals surface area contributed by atoms with Crippen LogP contribution in [0.5, 0.6) is 0 Å². The van der Waals surface area contributed by atoms with E-state index in [0.29, 0.717) is 5.13 Å². The molecule has 1 fully saturated rings. The molecule has 1 aliphatic carbocycles. The molecule has 0 spiro atoms. The van der Waals surface area contributed by atoms with Crippen LogP contribution in [0.3, 0.4) is 0 Å². The minimum absolute atomic E-state index is 0.133. The quantitative estimate of drug-likeness (QED) is 0.909. The molecule has 1 heterocycles. The summed E-state index contributed by atoms with van der Waals surface area (Å²) in [4.78, 5) is 17.2. The summed E-state index contributed by atoms with van der Waals surface area (Å²) in [6, 6.07) is 5.86. The van der Waals surface area contributed by atoms with Crippen LogP contribution in [-0.2, 0) is 11.2 Å². The molecular weight excluding hydrogens is 306 g/mol. The number of halogens is 1. The van der Waals surface area contributed by atoms with Crippen molar-refractivity contribution in [3.05, 3.63) is 45.4 Å². The maximum atomic E-state index is 11.9. The standard InChI is InChI=1S/C15H16ClN3OS/c1-9-6-11(16)3-2-10(9)7-12-8-18-14(21-12)19-13(20)15(17)4-5-15/h2-3,6,8H,4-5,7,17H2,1H3,(H,18,19,20). The van der Waals surface area contributed by atoms with Crippen LogP contribution in [0, 0.1) is 6.92 Å². The number of amides is 1. The summed E-state index contributed by atoms with van der Waals surface area (Å²) in [7, 11) is 0. The van der Waals surface area contributed by atoms with E-state index in [1.54, 1.807) is 6.20 Å². The van der Waals surface area contributed by atoms with Gasteiger partial charge in [0.1, 0.15) is 0 Å². The first-order valence-electron chi connectivity index (χ1n) is 6.76. The number of thiazole rings is 1. The van der Waals surface area contributed by atoms with Crippen molar-refractivity contribution in [2.45, 2.75) is 31.7 Å². The first-order valence-corrected chi connectivity index (χ1v) is 7.96. The van der Waals surface area contributed by atoms with Crippen molar-refractivity contribution in [2.24, 2.45) is 5.73 Å². The maximum Gasteiger partial charge on any atom is 0.246 e. The molecule has 0 bridgehead atoms. The highest BCUT2D eigenvalue weighted by Gasteiger charge is 2.46. The van der Waals surface area contributed by atoms with Crippen LogP contribution < -0.4 is 11.1 Å². The Morgan fingerprint density at radius 1 is 1.52 bits per heavy atom. The Hall–Kier alpha value is -1.43. The number of hydrogen-bond donors (Lipinski definition) is 2. The van der Waals surface area contributed by atoms with Crippen LogP contribution in [0.4, 0.5) is 5.13 Å². The third-order valence-corrected chi connectivity index (χ3v) is 4.83. The van der Waals surface area contributed by atoms with Gasteiger partial charge in [-0.15, -0.1) is 11.3 Å². The minimum atomic E-state index is -0.668. The number of rotatable bonds is 4. The molecule has 21 heavy (non-hydrogen) atoms. The van der Waals surface area contributed by atoms with Crippen molar-refractivity contribution in [2.75, 3.05) is 5.32 Å². The topological polar surface area (TPSA) is 68.0 Å². The molecule has 1 aromatic heterocycles. The number of carbonyl (C=O) groups excluding carboxylic acids is 1. The molecule has 3 rings (SSSR count). The molecule has 1 amide bonds.